The summed E-state index contributed by atoms with van der Waals surface area (Å²) in [7, 11) is 0. The molecule has 0 radical (unpaired) electrons. The van der Waals surface area contributed by atoms with Crippen molar-refractivity contribution in [2.24, 2.45) is 0 Å². The maximum Gasteiger partial charge on any atom is 0.232 e. The van der Waals surface area contributed by atoms with Crippen LogP contribution in [0.5, 0.6) is 0 Å². The molecule has 138 valence electrons. The molecule has 4 rings (SSSR count). The molecule has 27 heavy (non-hydrogen) atoms. The van der Waals surface area contributed by atoms with Gasteiger partial charge in [-0.05, 0) is 30.7 Å². The second-order valence-corrected chi connectivity index (χ2v) is 7.15. The summed E-state index contributed by atoms with van der Waals surface area (Å²) < 4.78 is 19.0. The van der Waals surface area contributed by atoms with Crippen LogP contribution < -0.4 is 0 Å². The van der Waals surface area contributed by atoms with Crippen molar-refractivity contribution in [3.63, 3.8) is 0 Å². The van der Waals surface area contributed by atoms with Crippen LogP contribution >= 0.6 is 11.6 Å². The van der Waals surface area contributed by atoms with E-state index in [-0.39, 0.29) is 22.7 Å². The summed E-state index contributed by atoms with van der Waals surface area (Å²) in [5, 5.41) is 3.96. The quantitative estimate of drug-likeness (QED) is 0.669. The molecule has 0 spiro atoms. The fraction of sp³-hybridized carbons (Fsp3) is 0.250. The first kappa shape index (κ1) is 17.7. The number of aryl methyl sites for hydroxylation is 1. The standard InChI is InChI=1S/C20H17ClFN3O2/c1-12-2-4-13(5-3-12)10-25-11-15(9-18(25)26)20-23-19(24-27-20)14-6-7-16(21)17(22)8-14/h2-8,15H,9-11H2,1H3. The molecule has 0 saturated carbocycles. The van der Waals surface area contributed by atoms with Gasteiger partial charge in [0.05, 0.1) is 10.9 Å². The van der Waals surface area contributed by atoms with Crippen molar-refractivity contribution >= 4 is 17.5 Å². The van der Waals surface area contributed by atoms with Gasteiger partial charge in [-0.2, -0.15) is 4.98 Å². The van der Waals surface area contributed by atoms with E-state index in [9.17, 15) is 9.18 Å². The number of rotatable bonds is 4. The van der Waals surface area contributed by atoms with Gasteiger partial charge in [0, 0.05) is 25.1 Å². The Bertz CT molecular complexity index is 987. The highest BCUT2D eigenvalue weighted by Crippen LogP contribution is 2.30. The van der Waals surface area contributed by atoms with Crippen LogP contribution in [0.4, 0.5) is 4.39 Å². The number of nitrogens with zero attached hydrogens (tertiary/aromatic N) is 3. The normalized spacial score (nSPS) is 16.9. The van der Waals surface area contributed by atoms with Crippen LogP contribution in [0.25, 0.3) is 11.4 Å². The number of amides is 1. The molecule has 1 aliphatic rings. The largest absolute Gasteiger partial charge is 0.339 e. The molecular weight excluding hydrogens is 369 g/mol. The van der Waals surface area contributed by atoms with Gasteiger partial charge < -0.3 is 9.42 Å². The third kappa shape index (κ3) is 3.71. The van der Waals surface area contributed by atoms with Gasteiger partial charge in [0.1, 0.15) is 5.82 Å². The number of carbonyl (C=O) groups excluding carboxylic acids is 1. The van der Waals surface area contributed by atoms with Gasteiger partial charge in [0.2, 0.25) is 17.6 Å². The lowest BCUT2D eigenvalue weighted by molar-refractivity contribution is -0.128. The van der Waals surface area contributed by atoms with E-state index in [0.29, 0.717) is 31.0 Å². The molecule has 1 unspecified atom stereocenters. The van der Waals surface area contributed by atoms with Gasteiger partial charge in [-0.15, -0.1) is 0 Å². The zero-order chi connectivity index (χ0) is 19.0. The van der Waals surface area contributed by atoms with E-state index in [1.54, 1.807) is 11.0 Å². The Morgan fingerprint density at radius 3 is 2.78 bits per heavy atom. The van der Waals surface area contributed by atoms with Gasteiger partial charge in [-0.3, -0.25) is 4.79 Å². The minimum absolute atomic E-state index is 0.0376. The second kappa shape index (κ2) is 7.12. The number of aromatic nitrogens is 2. The summed E-state index contributed by atoms with van der Waals surface area (Å²) in [6.07, 6.45) is 0.322. The average molecular weight is 386 g/mol. The molecule has 7 heteroatoms. The van der Waals surface area contributed by atoms with Crippen molar-refractivity contribution in [3.05, 3.63) is 70.3 Å². The van der Waals surface area contributed by atoms with Crippen molar-refractivity contribution in [3.8, 4) is 11.4 Å². The van der Waals surface area contributed by atoms with E-state index in [2.05, 4.69) is 10.1 Å². The number of hydrogen-bond donors (Lipinski definition) is 0. The molecule has 1 amide bonds. The van der Waals surface area contributed by atoms with Crippen LogP contribution in [0.2, 0.25) is 5.02 Å². The maximum atomic E-state index is 13.6. The van der Waals surface area contributed by atoms with Gasteiger partial charge in [0.15, 0.2) is 0 Å². The maximum absolute atomic E-state index is 13.6. The first-order chi connectivity index (χ1) is 13.0. The van der Waals surface area contributed by atoms with E-state index in [1.165, 1.54) is 17.7 Å². The zero-order valence-electron chi connectivity index (χ0n) is 14.7. The Kier molecular flexibility index (Phi) is 4.66. The summed E-state index contributed by atoms with van der Waals surface area (Å²) in [4.78, 5) is 18.5. The molecular formula is C20H17ClFN3O2. The Morgan fingerprint density at radius 2 is 2.04 bits per heavy atom. The van der Waals surface area contributed by atoms with Crippen molar-refractivity contribution in [2.75, 3.05) is 6.54 Å². The molecule has 2 aromatic carbocycles. The minimum Gasteiger partial charge on any atom is -0.339 e. The molecule has 1 atom stereocenters. The van der Waals surface area contributed by atoms with Crippen molar-refractivity contribution < 1.29 is 13.7 Å². The smallest absolute Gasteiger partial charge is 0.232 e. The molecule has 2 heterocycles. The van der Waals surface area contributed by atoms with Crippen LogP contribution in [0.15, 0.2) is 47.0 Å². The number of halogens is 2. The third-order valence-electron chi connectivity index (χ3n) is 4.68. The summed E-state index contributed by atoms with van der Waals surface area (Å²) in [6.45, 7) is 3.10. The Morgan fingerprint density at radius 1 is 1.26 bits per heavy atom. The van der Waals surface area contributed by atoms with Gasteiger partial charge in [-0.25, -0.2) is 4.39 Å². The zero-order valence-corrected chi connectivity index (χ0v) is 15.4. The molecule has 0 bridgehead atoms. The highest BCUT2D eigenvalue weighted by Gasteiger charge is 2.34. The summed E-state index contributed by atoms with van der Waals surface area (Å²) in [6, 6.07) is 12.5. The Labute approximate surface area is 160 Å². The number of carbonyl (C=O) groups is 1. The second-order valence-electron chi connectivity index (χ2n) is 6.75. The summed E-state index contributed by atoms with van der Waals surface area (Å²) in [5.41, 5.74) is 2.74. The van der Waals surface area contributed by atoms with Crippen LogP contribution in [0.1, 0.15) is 29.4 Å². The molecule has 1 saturated heterocycles. The van der Waals surface area contributed by atoms with Crippen molar-refractivity contribution in [1.29, 1.82) is 0 Å². The Hall–Kier alpha value is -2.73. The van der Waals surface area contributed by atoms with Gasteiger partial charge >= 0.3 is 0 Å². The van der Waals surface area contributed by atoms with Crippen molar-refractivity contribution in [2.45, 2.75) is 25.8 Å². The SMILES string of the molecule is Cc1ccc(CN2CC(c3nc(-c4ccc(Cl)c(F)c4)no3)CC2=O)cc1. The van der Waals surface area contributed by atoms with Crippen LogP contribution in [-0.2, 0) is 11.3 Å². The fourth-order valence-electron chi connectivity index (χ4n) is 3.16. The highest BCUT2D eigenvalue weighted by atomic mass is 35.5. The lowest BCUT2D eigenvalue weighted by Gasteiger charge is -2.16. The summed E-state index contributed by atoms with van der Waals surface area (Å²) >= 11 is 5.70. The first-order valence-corrected chi connectivity index (χ1v) is 9.00. The van der Waals surface area contributed by atoms with Crippen LogP contribution in [0, 0.1) is 12.7 Å². The third-order valence-corrected chi connectivity index (χ3v) is 4.98. The molecule has 1 aromatic heterocycles. The predicted octanol–water partition coefficient (Wildman–Crippen LogP) is 4.35. The molecule has 1 aliphatic heterocycles. The summed E-state index contributed by atoms with van der Waals surface area (Å²) in [5.74, 6) is 0.0187. The molecule has 3 aromatic rings. The lowest BCUT2D eigenvalue weighted by atomic mass is 10.1. The lowest BCUT2D eigenvalue weighted by Crippen LogP contribution is -2.24. The topological polar surface area (TPSA) is 59.2 Å². The Balaban J connectivity index is 1.48. The molecule has 0 N–H and O–H groups in total. The first-order valence-electron chi connectivity index (χ1n) is 8.62. The van der Waals surface area contributed by atoms with Crippen LogP contribution in [0.3, 0.4) is 0 Å². The van der Waals surface area contributed by atoms with E-state index in [0.717, 1.165) is 5.56 Å². The molecule has 5 nitrogen and oxygen atoms in total. The minimum atomic E-state index is -0.541. The van der Waals surface area contributed by atoms with Crippen LogP contribution in [-0.4, -0.2) is 27.5 Å². The monoisotopic (exact) mass is 385 g/mol. The molecule has 0 aliphatic carbocycles. The van der Waals surface area contributed by atoms with Gasteiger partial charge in [-0.1, -0.05) is 46.6 Å². The van der Waals surface area contributed by atoms with E-state index >= 15 is 0 Å². The predicted molar refractivity (Wildman–Crippen MR) is 98.7 cm³/mol. The van der Waals surface area contributed by atoms with E-state index in [1.807, 2.05) is 31.2 Å². The van der Waals surface area contributed by atoms with E-state index in [4.69, 9.17) is 16.1 Å². The fourth-order valence-corrected chi connectivity index (χ4v) is 3.28. The van der Waals surface area contributed by atoms with Crippen molar-refractivity contribution in [1.82, 2.24) is 15.0 Å². The van der Waals surface area contributed by atoms with Gasteiger partial charge in [0.25, 0.3) is 0 Å². The number of hydrogen-bond acceptors (Lipinski definition) is 4. The highest BCUT2D eigenvalue weighted by molar-refractivity contribution is 6.30. The molecule has 1 fully saturated rings. The van der Waals surface area contributed by atoms with E-state index < -0.39 is 5.82 Å². The average Bonchev–Trinajstić information content (AvgIpc) is 3.27. The number of likely N-dealkylation sites (tertiary alicyclic amines) is 1. The number of benzene rings is 2.